The van der Waals surface area contributed by atoms with Crippen molar-refractivity contribution in [3.05, 3.63) is 72.1 Å². The first-order valence-corrected chi connectivity index (χ1v) is 7.45. The van der Waals surface area contributed by atoms with E-state index in [4.69, 9.17) is 4.74 Å². The molecule has 3 aromatic rings. The van der Waals surface area contributed by atoms with Gasteiger partial charge in [0.1, 0.15) is 17.0 Å². The van der Waals surface area contributed by atoms with Gasteiger partial charge in [0, 0.05) is 11.8 Å². The molecule has 0 saturated carbocycles. The molecule has 0 amide bonds. The second-order valence-corrected chi connectivity index (χ2v) is 5.28. The van der Waals surface area contributed by atoms with E-state index in [1.165, 1.54) is 17.9 Å². The highest BCUT2D eigenvalue weighted by Gasteiger charge is 2.28. The van der Waals surface area contributed by atoms with Gasteiger partial charge in [-0.3, -0.25) is 0 Å². The first-order valence-electron chi connectivity index (χ1n) is 7.45. The number of hydrogen-bond donors (Lipinski definition) is 2. The summed E-state index contributed by atoms with van der Waals surface area (Å²) in [5.41, 5.74) is 0.819. The van der Waals surface area contributed by atoms with E-state index in [-0.39, 0.29) is 11.3 Å². The van der Waals surface area contributed by atoms with Crippen molar-refractivity contribution in [3.63, 3.8) is 0 Å². The molecule has 0 spiro atoms. The molecule has 6 heteroatoms. The Morgan fingerprint density at radius 1 is 0.920 bits per heavy atom. The summed E-state index contributed by atoms with van der Waals surface area (Å²) in [7, 11) is 1.47. The van der Waals surface area contributed by atoms with E-state index < -0.39 is 11.9 Å². The van der Waals surface area contributed by atoms with E-state index in [2.05, 4.69) is 0 Å². The van der Waals surface area contributed by atoms with Crippen LogP contribution < -0.4 is 4.74 Å². The third kappa shape index (κ3) is 2.85. The lowest BCUT2D eigenvalue weighted by Crippen LogP contribution is -2.12. The minimum atomic E-state index is -1.33. The van der Waals surface area contributed by atoms with Crippen LogP contribution in [0.1, 0.15) is 20.8 Å². The lowest BCUT2D eigenvalue weighted by molar-refractivity contribution is 0.0646. The van der Waals surface area contributed by atoms with Crippen LogP contribution in [0.5, 0.6) is 5.75 Å². The molecule has 0 aliphatic carbocycles. The number of carboxylic acids is 2. The molecule has 0 radical (unpaired) electrons. The second-order valence-electron chi connectivity index (χ2n) is 5.28. The van der Waals surface area contributed by atoms with E-state index >= 15 is 0 Å². The Labute approximate surface area is 143 Å². The number of benzene rings is 2. The standard InChI is InChI=1S/C19H15NO5/c1-25-15-10-6-5-9-14(15)20-11-13(12-7-3-2-4-8-12)16(18(21)22)17(20)19(23)24/h2-11H,1H3,(H,21,22)(H,23,24). The monoisotopic (exact) mass is 337 g/mol. The number of hydrogen-bond acceptors (Lipinski definition) is 3. The van der Waals surface area contributed by atoms with Gasteiger partial charge in [-0.2, -0.15) is 0 Å². The Balaban J connectivity index is 2.37. The molecule has 1 heterocycles. The SMILES string of the molecule is COc1ccccc1-n1cc(-c2ccccc2)c(C(=O)O)c1C(=O)O. The van der Waals surface area contributed by atoms with Gasteiger partial charge in [-0.25, -0.2) is 9.59 Å². The second kappa shape index (κ2) is 6.52. The van der Waals surface area contributed by atoms with Crippen LogP contribution in [0.4, 0.5) is 0 Å². The van der Waals surface area contributed by atoms with Crippen molar-refractivity contribution in [2.24, 2.45) is 0 Å². The fraction of sp³-hybridized carbons (Fsp3) is 0.0526. The zero-order valence-corrected chi connectivity index (χ0v) is 13.3. The molecule has 126 valence electrons. The number of nitrogens with zero attached hydrogens (tertiary/aromatic N) is 1. The van der Waals surface area contributed by atoms with Crippen LogP contribution in [0.3, 0.4) is 0 Å². The average Bonchev–Trinajstić information content (AvgIpc) is 3.03. The highest BCUT2D eigenvalue weighted by Crippen LogP contribution is 2.33. The zero-order chi connectivity index (χ0) is 18.0. The molecule has 1 aromatic heterocycles. The summed E-state index contributed by atoms with van der Waals surface area (Å²) >= 11 is 0. The third-order valence-electron chi connectivity index (χ3n) is 3.85. The van der Waals surface area contributed by atoms with Gasteiger partial charge in [-0.1, -0.05) is 42.5 Å². The molecule has 6 nitrogen and oxygen atoms in total. The molecule has 0 saturated heterocycles. The molecule has 3 rings (SSSR count). The number of rotatable bonds is 5. The van der Waals surface area contributed by atoms with Crippen molar-refractivity contribution in [1.82, 2.24) is 4.57 Å². The molecule has 0 unspecified atom stereocenters. The number of aromatic carboxylic acids is 2. The molecule has 0 atom stereocenters. The number of carbonyl (C=O) groups is 2. The van der Waals surface area contributed by atoms with Crippen LogP contribution in [0.2, 0.25) is 0 Å². The van der Waals surface area contributed by atoms with Crippen molar-refractivity contribution in [3.8, 4) is 22.6 Å². The van der Waals surface area contributed by atoms with Gasteiger partial charge < -0.3 is 19.5 Å². The number of carboxylic acid groups (broad SMARTS) is 2. The topological polar surface area (TPSA) is 88.8 Å². The Kier molecular flexibility index (Phi) is 4.26. The van der Waals surface area contributed by atoms with Gasteiger partial charge in [0.2, 0.25) is 0 Å². The number of methoxy groups -OCH3 is 1. The predicted molar refractivity (Wildman–Crippen MR) is 91.7 cm³/mol. The summed E-state index contributed by atoms with van der Waals surface area (Å²) in [6, 6.07) is 15.6. The summed E-state index contributed by atoms with van der Waals surface area (Å²) in [6.45, 7) is 0. The van der Waals surface area contributed by atoms with Crippen LogP contribution in [-0.4, -0.2) is 33.8 Å². The minimum Gasteiger partial charge on any atom is -0.495 e. The van der Waals surface area contributed by atoms with Crippen LogP contribution in [0.15, 0.2) is 60.8 Å². The van der Waals surface area contributed by atoms with E-state index in [0.717, 1.165) is 0 Å². The van der Waals surface area contributed by atoms with Crippen molar-refractivity contribution < 1.29 is 24.5 Å². The zero-order valence-electron chi connectivity index (χ0n) is 13.3. The lowest BCUT2D eigenvalue weighted by atomic mass is 10.0. The van der Waals surface area contributed by atoms with E-state index in [1.54, 1.807) is 54.6 Å². The van der Waals surface area contributed by atoms with Crippen molar-refractivity contribution in [1.29, 1.82) is 0 Å². The maximum atomic E-state index is 11.8. The first kappa shape index (κ1) is 16.3. The van der Waals surface area contributed by atoms with E-state index in [0.29, 0.717) is 22.6 Å². The van der Waals surface area contributed by atoms with Crippen LogP contribution in [-0.2, 0) is 0 Å². The molecule has 0 bridgehead atoms. The molecular weight excluding hydrogens is 322 g/mol. The van der Waals surface area contributed by atoms with Crippen LogP contribution in [0, 0.1) is 0 Å². The molecule has 0 fully saturated rings. The Hall–Kier alpha value is -3.54. The molecular formula is C19H15NO5. The summed E-state index contributed by atoms with van der Waals surface area (Å²) in [5, 5.41) is 19.3. The highest BCUT2D eigenvalue weighted by atomic mass is 16.5. The Morgan fingerprint density at radius 2 is 1.56 bits per heavy atom. The molecule has 0 aliphatic heterocycles. The van der Waals surface area contributed by atoms with Gasteiger partial charge in [0.05, 0.1) is 12.8 Å². The highest BCUT2D eigenvalue weighted by molar-refractivity contribution is 6.06. The fourth-order valence-corrected chi connectivity index (χ4v) is 2.79. The van der Waals surface area contributed by atoms with Crippen molar-refractivity contribution in [2.45, 2.75) is 0 Å². The number of aromatic nitrogens is 1. The molecule has 2 N–H and O–H groups in total. The number of ether oxygens (including phenoxy) is 1. The maximum absolute atomic E-state index is 11.8. The van der Waals surface area contributed by atoms with Crippen molar-refractivity contribution >= 4 is 11.9 Å². The molecule has 0 aliphatic rings. The van der Waals surface area contributed by atoms with E-state index in [1.807, 2.05) is 0 Å². The summed E-state index contributed by atoms with van der Waals surface area (Å²) < 4.78 is 6.63. The Bertz CT molecular complexity index is 944. The summed E-state index contributed by atoms with van der Waals surface area (Å²) in [6.07, 6.45) is 1.51. The Morgan fingerprint density at radius 3 is 2.16 bits per heavy atom. The van der Waals surface area contributed by atoms with Gasteiger partial charge in [-0.05, 0) is 17.7 Å². The normalized spacial score (nSPS) is 10.4. The maximum Gasteiger partial charge on any atom is 0.353 e. The van der Waals surface area contributed by atoms with Gasteiger partial charge >= 0.3 is 11.9 Å². The molecule has 25 heavy (non-hydrogen) atoms. The third-order valence-corrected chi connectivity index (χ3v) is 3.85. The molecule has 2 aromatic carbocycles. The van der Waals surface area contributed by atoms with Crippen LogP contribution in [0.25, 0.3) is 16.8 Å². The van der Waals surface area contributed by atoms with Crippen molar-refractivity contribution in [2.75, 3.05) is 7.11 Å². The fourth-order valence-electron chi connectivity index (χ4n) is 2.79. The smallest absolute Gasteiger partial charge is 0.353 e. The summed E-state index contributed by atoms with van der Waals surface area (Å²) in [5.74, 6) is -2.19. The lowest BCUT2D eigenvalue weighted by Gasteiger charge is -2.11. The average molecular weight is 337 g/mol. The predicted octanol–water partition coefficient (Wildman–Crippen LogP) is 3.55. The number of para-hydroxylation sites is 2. The van der Waals surface area contributed by atoms with Crippen LogP contribution >= 0.6 is 0 Å². The van der Waals surface area contributed by atoms with Gasteiger partial charge in [0.15, 0.2) is 0 Å². The first-order chi connectivity index (χ1) is 12.0. The summed E-state index contributed by atoms with van der Waals surface area (Å²) in [4.78, 5) is 23.7. The largest absolute Gasteiger partial charge is 0.495 e. The minimum absolute atomic E-state index is 0.260. The van der Waals surface area contributed by atoms with Gasteiger partial charge in [0.25, 0.3) is 0 Å². The van der Waals surface area contributed by atoms with E-state index in [9.17, 15) is 19.8 Å². The quantitative estimate of drug-likeness (QED) is 0.743. The van der Waals surface area contributed by atoms with Gasteiger partial charge in [-0.15, -0.1) is 0 Å².